The number of hydrogen-bond donors (Lipinski definition) is 3. The summed E-state index contributed by atoms with van der Waals surface area (Å²) >= 11 is 3.31. The summed E-state index contributed by atoms with van der Waals surface area (Å²) in [5.74, 6) is 0.684. The van der Waals surface area contributed by atoms with Crippen molar-refractivity contribution < 1.29 is 0 Å². The molecule has 0 amide bonds. The van der Waals surface area contributed by atoms with Crippen LogP contribution in [0, 0.1) is 6.92 Å². The van der Waals surface area contributed by atoms with Crippen molar-refractivity contribution >= 4 is 27.4 Å². The van der Waals surface area contributed by atoms with Crippen molar-refractivity contribution in [2.75, 3.05) is 11.1 Å². The second-order valence-electron chi connectivity index (χ2n) is 3.47. The molecule has 84 valence electrons. The van der Waals surface area contributed by atoms with Crippen LogP contribution in [0.1, 0.15) is 11.3 Å². The molecule has 0 saturated heterocycles. The molecule has 0 fully saturated rings. The number of anilines is 2. The molecule has 0 aliphatic carbocycles. The van der Waals surface area contributed by atoms with Crippen molar-refractivity contribution in [2.24, 2.45) is 0 Å². The Labute approximate surface area is 102 Å². The predicted octanol–water partition coefficient (Wildman–Crippen LogP) is 2.07. The van der Waals surface area contributed by atoms with E-state index in [1.54, 1.807) is 12.4 Å². The third kappa shape index (κ3) is 2.33. The van der Waals surface area contributed by atoms with E-state index < -0.39 is 0 Å². The number of aromatic nitrogens is 3. The SMILES string of the molecule is Cc1[nH]ncc1CNc1ncc(Br)cc1N. The Hall–Kier alpha value is -1.56. The number of nitrogens with zero attached hydrogens (tertiary/aromatic N) is 2. The number of H-pyrrole nitrogens is 1. The van der Waals surface area contributed by atoms with Crippen LogP contribution in [0.25, 0.3) is 0 Å². The van der Waals surface area contributed by atoms with E-state index in [-0.39, 0.29) is 0 Å². The van der Waals surface area contributed by atoms with Gasteiger partial charge in [-0.3, -0.25) is 5.10 Å². The van der Waals surface area contributed by atoms with Gasteiger partial charge in [0, 0.05) is 28.5 Å². The zero-order chi connectivity index (χ0) is 11.5. The predicted molar refractivity (Wildman–Crippen MR) is 67.0 cm³/mol. The van der Waals surface area contributed by atoms with Crippen LogP contribution in [-0.4, -0.2) is 15.2 Å². The number of pyridine rings is 1. The Bertz CT molecular complexity index is 494. The number of rotatable bonds is 3. The van der Waals surface area contributed by atoms with E-state index in [0.29, 0.717) is 18.1 Å². The van der Waals surface area contributed by atoms with Gasteiger partial charge in [-0.05, 0) is 28.9 Å². The minimum atomic E-state index is 0.621. The average molecular weight is 282 g/mol. The van der Waals surface area contributed by atoms with Gasteiger partial charge in [0.1, 0.15) is 5.82 Å². The molecule has 0 unspecified atom stereocenters. The summed E-state index contributed by atoms with van der Waals surface area (Å²) in [7, 11) is 0. The number of nitrogen functional groups attached to an aromatic ring is 1. The molecular formula is C10H12BrN5. The first-order valence-corrected chi connectivity index (χ1v) is 5.60. The highest BCUT2D eigenvalue weighted by atomic mass is 79.9. The molecule has 2 aromatic heterocycles. The van der Waals surface area contributed by atoms with Crippen molar-refractivity contribution in [1.29, 1.82) is 0 Å². The Kier molecular flexibility index (Phi) is 3.09. The zero-order valence-electron chi connectivity index (χ0n) is 8.79. The molecule has 4 N–H and O–H groups in total. The fourth-order valence-corrected chi connectivity index (χ4v) is 1.68. The molecule has 6 heteroatoms. The first-order valence-electron chi connectivity index (χ1n) is 4.80. The molecule has 2 aromatic rings. The number of aryl methyl sites for hydroxylation is 1. The van der Waals surface area contributed by atoms with Crippen molar-refractivity contribution in [2.45, 2.75) is 13.5 Å². The molecule has 0 saturated carbocycles. The van der Waals surface area contributed by atoms with Gasteiger partial charge in [-0.15, -0.1) is 0 Å². The summed E-state index contributed by atoms with van der Waals surface area (Å²) in [4.78, 5) is 4.19. The number of nitrogens with two attached hydrogens (primary N) is 1. The standard InChI is InChI=1S/C10H12BrN5/c1-6-7(4-15-16-6)3-13-10-9(12)2-8(11)5-14-10/h2,4-5H,3,12H2,1H3,(H,13,14)(H,15,16). The highest BCUT2D eigenvalue weighted by Crippen LogP contribution is 2.20. The maximum Gasteiger partial charge on any atom is 0.149 e. The van der Waals surface area contributed by atoms with Gasteiger partial charge in [0.25, 0.3) is 0 Å². The number of aromatic amines is 1. The van der Waals surface area contributed by atoms with Gasteiger partial charge < -0.3 is 11.1 Å². The van der Waals surface area contributed by atoms with Gasteiger partial charge in [-0.25, -0.2) is 4.98 Å². The molecule has 5 nitrogen and oxygen atoms in total. The molecule has 0 radical (unpaired) electrons. The van der Waals surface area contributed by atoms with Crippen molar-refractivity contribution in [1.82, 2.24) is 15.2 Å². The molecule has 0 atom stereocenters. The van der Waals surface area contributed by atoms with Gasteiger partial charge in [-0.1, -0.05) is 0 Å². The van der Waals surface area contributed by atoms with Crippen LogP contribution < -0.4 is 11.1 Å². The van der Waals surface area contributed by atoms with Crippen LogP contribution in [0.4, 0.5) is 11.5 Å². The van der Waals surface area contributed by atoms with Crippen molar-refractivity contribution in [3.63, 3.8) is 0 Å². The lowest BCUT2D eigenvalue weighted by molar-refractivity contribution is 1.04. The molecule has 2 heterocycles. The summed E-state index contributed by atoms with van der Waals surface area (Å²) in [5.41, 5.74) is 8.59. The Balaban J connectivity index is 2.08. The van der Waals surface area contributed by atoms with E-state index in [1.165, 1.54) is 0 Å². The summed E-state index contributed by atoms with van der Waals surface area (Å²) < 4.78 is 0.870. The molecule has 2 rings (SSSR count). The molecule has 0 aliphatic heterocycles. The molecule has 0 spiro atoms. The van der Waals surface area contributed by atoms with Gasteiger partial charge in [0.2, 0.25) is 0 Å². The molecule has 0 aliphatic rings. The lowest BCUT2D eigenvalue weighted by Crippen LogP contribution is -2.04. The van der Waals surface area contributed by atoms with Crippen LogP contribution in [-0.2, 0) is 6.54 Å². The Morgan fingerprint density at radius 2 is 2.31 bits per heavy atom. The summed E-state index contributed by atoms with van der Waals surface area (Å²) in [6.45, 7) is 2.63. The van der Waals surface area contributed by atoms with E-state index in [0.717, 1.165) is 15.7 Å². The van der Waals surface area contributed by atoms with Crippen LogP contribution in [0.2, 0.25) is 0 Å². The highest BCUT2D eigenvalue weighted by Gasteiger charge is 2.03. The maximum atomic E-state index is 5.82. The number of hydrogen-bond acceptors (Lipinski definition) is 4. The Morgan fingerprint density at radius 1 is 1.50 bits per heavy atom. The quantitative estimate of drug-likeness (QED) is 0.805. The zero-order valence-corrected chi connectivity index (χ0v) is 10.4. The summed E-state index contributed by atoms with van der Waals surface area (Å²) in [6, 6.07) is 1.82. The normalized spacial score (nSPS) is 10.4. The number of nitrogens with one attached hydrogen (secondary N) is 2. The van der Waals surface area contributed by atoms with E-state index in [4.69, 9.17) is 5.73 Å². The van der Waals surface area contributed by atoms with E-state index >= 15 is 0 Å². The lowest BCUT2D eigenvalue weighted by Gasteiger charge is -2.07. The second kappa shape index (κ2) is 4.52. The third-order valence-electron chi connectivity index (χ3n) is 2.26. The second-order valence-corrected chi connectivity index (χ2v) is 4.38. The lowest BCUT2D eigenvalue weighted by atomic mass is 10.2. The molecule has 16 heavy (non-hydrogen) atoms. The first-order chi connectivity index (χ1) is 7.66. The number of halogens is 1. The van der Waals surface area contributed by atoms with Crippen molar-refractivity contribution in [3.05, 3.63) is 34.2 Å². The van der Waals surface area contributed by atoms with Gasteiger partial charge in [-0.2, -0.15) is 5.10 Å². The smallest absolute Gasteiger partial charge is 0.149 e. The highest BCUT2D eigenvalue weighted by molar-refractivity contribution is 9.10. The fourth-order valence-electron chi connectivity index (χ4n) is 1.34. The minimum absolute atomic E-state index is 0.621. The van der Waals surface area contributed by atoms with Gasteiger partial charge in [0.05, 0.1) is 11.9 Å². The minimum Gasteiger partial charge on any atom is -0.396 e. The van der Waals surface area contributed by atoms with Crippen LogP contribution in [0.5, 0.6) is 0 Å². The topological polar surface area (TPSA) is 79.6 Å². The summed E-state index contributed by atoms with van der Waals surface area (Å²) in [6.07, 6.45) is 3.50. The van der Waals surface area contributed by atoms with E-state index in [1.807, 2.05) is 13.0 Å². The largest absolute Gasteiger partial charge is 0.396 e. The average Bonchev–Trinajstić information content (AvgIpc) is 2.63. The summed E-state index contributed by atoms with van der Waals surface area (Å²) in [5, 5.41) is 9.99. The van der Waals surface area contributed by atoms with Crippen LogP contribution >= 0.6 is 15.9 Å². The molecule has 0 aromatic carbocycles. The van der Waals surface area contributed by atoms with Crippen LogP contribution in [0.3, 0.4) is 0 Å². The maximum absolute atomic E-state index is 5.82. The monoisotopic (exact) mass is 281 g/mol. The van der Waals surface area contributed by atoms with E-state index in [2.05, 4.69) is 36.4 Å². The van der Waals surface area contributed by atoms with Crippen LogP contribution in [0.15, 0.2) is 22.9 Å². The van der Waals surface area contributed by atoms with Gasteiger partial charge in [0.15, 0.2) is 0 Å². The fraction of sp³-hybridized carbons (Fsp3) is 0.200. The van der Waals surface area contributed by atoms with Gasteiger partial charge >= 0.3 is 0 Å². The van der Waals surface area contributed by atoms with E-state index in [9.17, 15) is 0 Å². The first kappa shape index (κ1) is 10.9. The third-order valence-corrected chi connectivity index (χ3v) is 2.70. The molecule has 0 bridgehead atoms. The Morgan fingerprint density at radius 3 is 2.94 bits per heavy atom. The molecular weight excluding hydrogens is 270 g/mol. The van der Waals surface area contributed by atoms with Crippen molar-refractivity contribution in [3.8, 4) is 0 Å².